The zero-order chi connectivity index (χ0) is 11.5. The predicted molar refractivity (Wildman–Crippen MR) is 76.6 cm³/mol. The summed E-state index contributed by atoms with van der Waals surface area (Å²) in [4.78, 5) is 0. The average Bonchev–Trinajstić information content (AvgIpc) is 2.69. The Labute approximate surface area is 103 Å². The molecule has 0 saturated heterocycles. The summed E-state index contributed by atoms with van der Waals surface area (Å²) in [7, 11) is 1.68. The Balaban J connectivity index is 2.33. The first kappa shape index (κ1) is 11.8. The smallest absolute Gasteiger partial charge is 0.0811 e. The molecule has 2 rings (SSSR count). The van der Waals surface area contributed by atoms with E-state index in [2.05, 4.69) is 42.0 Å². The molecule has 0 aliphatic rings. The fourth-order valence-corrected chi connectivity index (χ4v) is 4.75. The Morgan fingerprint density at radius 2 is 2.12 bits per heavy atom. The average molecular weight is 248 g/mol. The molecule has 0 unspecified atom stereocenters. The van der Waals surface area contributed by atoms with Crippen molar-refractivity contribution in [3.8, 4) is 0 Å². The SMILES string of the molecule is CNCCc1ccc2c([Si](C)C)csc2c1. The molecule has 0 bridgehead atoms. The largest absolute Gasteiger partial charge is 0.319 e. The second-order valence-electron chi connectivity index (χ2n) is 4.33. The molecule has 0 atom stereocenters. The van der Waals surface area contributed by atoms with Crippen LogP contribution in [0, 0.1) is 0 Å². The Bertz CT molecular complexity index is 476. The zero-order valence-corrected chi connectivity index (χ0v) is 11.9. The van der Waals surface area contributed by atoms with Crippen molar-refractivity contribution in [2.75, 3.05) is 13.6 Å². The molecule has 0 amide bonds. The van der Waals surface area contributed by atoms with E-state index in [0.717, 1.165) is 13.0 Å². The van der Waals surface area contributed by atoms with Gasteiger partial charge in [0.1, 0.15) is 0 Å². The van der Waals surface area contributed by atoms with Crippen LogP contribution in [-0.2, 0) is 6.42 Å². The molecule has 1 heterocycles. The third-order valence-electron chi connectivity index (χ3n) is 2.84. The number of hydrogen-bond acceptors (Lipinski definition) is 2. The van der Waals surface area contributed by atoms with Gasteiger partial charge in [0.2, 0.25) is 0 Å². The highest BCUT2D eigenvalue weighted by Gasteiger charge is 2.08. The third kappa shape index (κ3) is 2.37. The number of rotatable bonds is 4. The third-order valence-corrected chi connectivity index (χ3v) is 5.49. The van der Waals surface area contributed by atoms with E-state index in [4.69, 9.17) is 0 Å². The predicted octanol–water partition coefficient (Wildman–Crippen LogP) is 2.62. The summed E-state index contributed by atoms with van der Waals surface area (Å²) in [5.41, 5.74) is 1.44. The lowest BCUT2D eigenvalue weighted by Gasteiger charge is -2.03. The Morgan fingerprint density at radius 3 is 2.81 bits per heavy atom. The first-order valence-corrected chi connectivity index (χ1v) is 9.05. The molecule has 85 valence electrons. The van der Waals surface area contributed by atoms with Gasteiger partial charge in [0.05, 0.1) is 8.80 Å². The van der Waals surface area contributed by atoms with Crippen LogP contribution in [0.25, 0.3) is 10.1 Å². The van der Waals surface area contributed by atoms with Crippen LogP contribution in [0.1, 0.15) is 5.56 Å². The summed E-state index contributed by atoms with van der Waals surface area (Å²) in [5, 5.41) is 8.62. The molecule has 0 saturated carbocycles. The normalized spacial score (nSPS) is 11.5. The van der Waals surface area contributed by atoms with E-state index >= 15 is 0 Å². The summed E-state index contributed by atoms with van der Waals surface area (Å²) in [6.45, 7) is 5.78. The summed E-state index contributed by atoms with van der Waals surface area (Å²) in [6, 6.07) is 6.94. The van der Waals surface area contributed by atoms with Crippen molar-refractivity contribution in [2.24, 2.45) is 0 Å². The van der Waals surface area contributed by atoms with Gasteiger partial charge < -0.3 is 5.32 Å². The summed E-state index contributed by atoms with van der Waals surface area (Å²) in [6.07, 6.45) is 1.12. The topological polar surface area (TPSA) is 12.0 Å². The van der Waals surface area contributed by atoms with Crippen molar-refractivity contribution in [1.29, 1.82) is 0 Å². The van der Waals surface area contributed by atoms with Gasteiger partial charge in [0.25, 0.3) is 0 Å². The van der Waals surface area contributed by atoms with Gasteiger partial charge in [-0.3, -0.25) is 0 Å². The number of fused-ring (bicyclic) bond motifs is 1. The van der Waals surface area contributed by atoms with Crippen LogP contribution >= 0.6 is 11.3 Å². The molecular weight excluding hydrogens is 230 g/mol. The molecule has 1 N–H and O–H groups in total. The van der Waals surface area contributed by atoms with Gasteiger partial charge in [-0.2, -0.15) is 0 Å². The number of thiophene rings is 1. The van der Waals surface area contributed by atoms with Gasteiger partial charge in [-0.1, -0.05) is 25.2 Å². The van der Waals surface area contributed by atoms with E-state index < -0.39 is 0 Å². The van der Waals surface area contributed by atoms with Crippen LogP contribution < -0.4 is 10.5 Å². The van der Waals surface area contributed by atoms with Gasteiger partial charge in [0, 0.05) is 4.70 Å². The van der Waals surface area contributed by atoms with Crippen LogP contribution in [0.4, 0.5) is 0 Å². The second-order valence-corrected chi connectivity index (χ2v) is 7.78. The quantitative estimate of drug-likeness (QED) is 0.820. The molecule has 2 aromatic rings. The minimum absolute atomic E-state index is 0.325. The Hall–Kier alpha value is -0.643. The standard InChI is InChI=1S/C13H18NSSi/c1-14-7-6-10-4-5-11-12(8-10)15-9-13(11)16(2)3/h4-5,8-9,14H,6-7H2,1-3H3. The maximum Gasteiger partial charge on any atom is 0.0811 e. The lowest BCUT2D eigenvalue weighted by atomic mass is 10.1. The molecule has 0 fully saturated rings. The van der Waals surface area contributed by atoms with Gasteiger partial charge in [0.15, 0.2) is 0 Å². The summed E-state index contributed by atoms with van der Waals surface area (Å²) >= 11 is 1.89. The highest BCUT2D eigenvalue weighted by Crippen LogP contribution is 2.21. The lowest BCUT2D eigenvalue weighted by molar-refractivity contribution is 0.792. The van der Waals surface area contributed by atoms with Crippen LogP contribution in [0.3, 0.4) is 0 Å². The van der Waals surface area contributed by atoms with E-state index in [-0.39, 0.29) is 8.80 Å². The van der Waals surface area contributed by atoms with Crippen molar-refractivity contribution >= 4 is 35.4 Å². The lowest BCUT2D eigenvalue weighted by Crippen LogP contribution is -2.20. The Kier molecular flexibility index (Phi) is 3.79. The highest BCUT2D eigenvalue weighted by molar-refractivity contribution is 7.18. The molecular formula is C13H18NSSi. The van der Waals surface area contributed by atoms with E-state index in [1.54, 1.807) is 5.19 Å². The molecule has 0 spiro atoms. The fourth-order valence-electron chi connectivity index (χ4n) is 1.88. The first-order chi connectivity index (χ1) is 7.72. The van der Waals surface area contributed by atoms with Crippen LogP contribution in [0.15, 0.2) is 23.6 Å². The van der Waals surface area contributed by atoms with E-state index in [0.29, 0.717) is 0 Å². The van der Waals surface area contributed by atoms with Gasteiger partial charge in [-0.15, -0.1) is 11.3 Å². The molecule has 3 heteroatoms. The number of nitrogens with one attached hydrogen (secondary N) is 1. The highest BCUT2D eigenvalue weighted by atomic mass is 32.1. The van der Waals surface area contributed by atoms with Crippen molar-refractivity contribution < 1.29 is 0 Å². The first-order valence-electron chi connectivity index (χ1n) is 5.67. The molecule has 16 heavy (non-hydrogen) atoms. The van der Waals surface area contributed by atoms with Crippen molar-refractivity contribution in [3.05, 3.63) is 29.1 Å². The molecule has 1 nitrogen and oxygen atoms in total. The molecule has 0 aliphatic heterocycles. The van der Waals surface area contributed by atoms with Gasteiger partial charge >= 0.3 is 0 Å². The summed E-state index contributed by atoms with van der Waals surface area (Å²) < 4.78 is 1.45. The van der Waals surface area contributed by atoms with Crippen molar-refractivity contribution in [1.82, 2.24) is 5.32 Å². The molecule has 0 aliphatic carbocycles. The van der Waals surface area contributed by atoms with Crippen LogP contribution in [0.5, 0.6) is 0 Å². The van der Waals surface area contributed by atoms with E-state index in [1.807, 2.05) is 18.4 Å². The summed E-state index contributed by atoms with van der Waals surface area (Å²) in [5.74, 6) is 0. The Morgan fingerprint density at radius 1 is 1.31 bits per heavy atom. The number of likely N-dealkylation sites (N-methyl/N-ethyl adjacent to an activating group) is 1. The molecule has 1 aromatic heterocycles. The minimum Gasteiger partial charge on any atom is -0.319 e. The minimum atomic E-state index is -0.325. The number of benzene rings is 1. The van der Waals surface area contributed by atoms with Crippen molar-refractivity contribution in [3.63, 3.8) is 0 Å². The monoisotopic (exact) mass is 248 g/mol. The van der Waals surface area contributed by atoms with Crippen LogP contribution in [-0.4, -0.2) is 22.4 Å². The molecule has 1 aromatic carbocycles. The van der Waals surface area contributed by atoms with Gasteiger partial charge in [-0.05, 0) is 47.6 Å². The van der Waals surface area contributed by atoms with E-state index in [1.165, 1.54) is 15.6 Å². The molecule has 1 radical (unpaired) electrons. The van der Waals surface area contributed by atoms with Gasteiger partial charge in [-0.25, -0.2) is 0 Å². The zero-order valence-electron chi connectivity index (χ0n) is 10.1. The van der Waals surface area contributed by atoms with Crippen molar-refractivity contribution in [2.45, 2.75) is 19.5 Å². The maximum atomic E-state index is 3.20. The maximum absolute atomic E-state index is 3.20. The van der Waals surface area contributed by atoms with E-state index in [9.17, 15) is 0 Å². The number of hydrogen-bond donors (Lipinski definition) is 1. The fraction of sp³-hybridized carbons (Fsp3) is 0.385. The van der Waals surface area contributed by atoms with Crippen LogP contribution in [0.2, 0.25) is 13.1 Å². The second kappa shape index (κ2) is 5.12.